The van der Waals surface area contributed by atoms with Crippen molar-refractivity contribution < 1.29 is 0 Å². The Morgan fingerprint density at radius 1 is 1.15 bits per heavy atom. The molecule has 1 aromatic heterocycles. The molecule has 3 aromatic rings. The van der Waals surface area contributed by atoms with Crippen molar-refractivity contribution in [2.45, 2.75) is 13.0 Å². The van der Waals surface area contributed by atoms with Crippen molar-refractivity contribution in [3.8, 4) is 6.07 Å². The molecule has 3 rings (SSSR count). The van der Waals surface area contributed by atoms with Crippen LogP contribution in [0.2, 0.25) is 0 Å². The quantitative estimate of drug-likeness (QED) is 0.789. The number of hydrogen-bond donors (Lipinski definition) is 1. The van der Waals surface area contributed by atoms with Gasteiger partial charge in [0.1, 0.15) is 11.6 Å². The summed E-state index contributed by atoms with van der Waals surface area (Å²) in [5, 5.41) is 15.5. The van der Waals surface area contributed by atoms with E-state index in [1.54, 1.807) is 10.9 Å². The van der Waals surface area contributed by atoms with Crippen molar-refractivity contribution in [2.24, 2.45) is 0 Å². The van der Waals surface area contributed by atoms with Crippen LogP contribution in [0.1, 0.15) is 11.1 Å². The van der Waals surface area contributed by atoms with Gasteiger partial charge in [-0.1, -0.05) is 42.5 Å². The molecule has 20 heavy (non-hydrogen) atoms. The molecule has 0 aliphatic carbocycles. The molecule has 0 fully saturated rings. The predicted octanol–water partition coefficient (Wildman–Crippen LogP) is 2.73. The van der Waals surface area contributed by atoms with Gasteiger partial charge in [0.15, 0.2) is 5.82 Å². The fraction of sp³-hybridized carbons (Fsp3) is 0.125. The molecule has 0 spiro atoms. The van der Waals surface area contributed by atoms with Gasteiger partial charge >= 0.3 is 0 Å². The van der Waals surface area contributed by atoms with Crippen LogP contribution < -0.4 is 5.73 Å². The zero-order valence-electron chi connectivity index (χ0n) is 11.0. The van der Waals surface area contributed by atoms with E-state index in [-0.39, 0.29) is 0 Å². The fourth-order valence-electron chi connectivity index (χ4n) is 2.38. The molecule has 0 atom stereocenters. The summed E-state index contributed by atoms with van der Waals surface area (Å²) >= 11 is 0. The Balaban J connectivity index is 1.85. The van der Waals surface area contributed by atoms with Gasteiger partial charge in [0.25, 0.3) is 0 Å². The molecule has 0 saturated carbocycles. The van der Waals surface area contributed by atoms with Crippen molar-refractivity contribution in [3.05, 3.63) is 59.8 Å². The van der Waals surface area contributed by atoms with Gasteiger partial charge in [-0.15, -0.1) is 0 Å². The number of nitrogen functional groups attached to an aromatic ring is 1. The molecule has 2 aromatic carbocycles. The number of rotatable bonds is 3. The van der Waals surface area contributed by atoms with E-state index in [2.05, 4.69) is 35.4 Å². The van der Waals surface area contributed by atoms with Gasteiger partial charge in [-0.3, -0.25) is 4.68 Å². The standard InChI is InChI=1S/C16H14N4/c17-10-14-11-20(19-16(14)18)9-8-13-6-3-5-12-4-1-2-7-15(12)13/h1-7,11H,8-9H2,(H2,18,19). The van der Waals surface area contributed by atoms with E-state index in [9.17, 15) is 0 Å². The molecule has 0 unspecified atom stereocenters. The molecule has 2 N–H and O–H groups in total. The van der Waals surface area contributed by atoms with Crippen molar-refractivity contribution >= 4 is 16.6 Å². The molecule has 0 aliphatic heterocycles. The van der Waals surface area contributed by atoms with Crippen molar-refractivity contribution in [1.82, 2.24) is 9.78 Å². The lowest BCUT2D eigenvalue weighted by Gasteiger charge is -2.06. The molecule has 0 radical (unpaired) electrons. The molecule has 98 valence electrons. The van der Waals surface area contributed by atoms with E-state index in [0.717, 1.165) is 6.42 Å². The average molecular weight is 262 g/mol. The first-order valence-electron chi connectivity index (χ1n) is 6.47. The van der Waals surface area contributed by atoms with Crippen LogP contribution in [0, 0.1) is 11.3 Å². The van der Waals surface area contributed by atoms with Gasteiger partial charge in [-0.25, -0.2) is 0 Å². The predicted molar refractivity (Wildman–Crippen MR) is 79.0 cm³/mol. The molecule has 0 amide bonds. The SMILES string of the molecule is N#Cc1cn(CCc2cccc3ccccc23)nc1N. The number of anilines is 1. The van der Waals surface area contributed by atoms with Crippen LogP contribution in [0.15, 0.2) is 48.7 Å². The zero-order valence-corrected chi connectivity index (χ0v) is 11.0. The molecular formula is C16H14N4. The van der Waals surface area contributed by atoms with Gasteiger partial charge in [0.05, 0.1) is 0 Å². The van der Waals surface area contributed by atoms with E-state index in [1.165, 1.54) is 16.3 Å². The monoisotopic (exact) mass is 262 g/mol. The molecule has 4 nitrogen and oxygen atoms in total. The number of aromatic nitrogens is 2. The van der Waals surface area contributed by atoms with Crippen LogP contribution in [0.25, 0.3) is 10.8 Å². The largest absolute Gasteiger partial charge is 0.381 e. The minimum atomic E-state index is 0.297. The Hall–Kier alpha value is -2.80. The number of benzene rings is 2. The van der Waals surface area contributed by atoms with Gasteiger partial charge in [0.2, 0.25) is 0 Å². The maximum Gasteiger partial charge on any atom is 0.163 e. The number of hydrogen-bond acceptors (Lipinski definition) is 3. The number of aryl methyl sites for hydroxylation is 2. The second kappa shape index (κ2) is 5.06. The average Bonchev–Trinajstić information content (AvgIpc) is 2.85. The van der Waals surface area contributed by atoms with Gasteiger partial charge in [-0.2, -0.15) is 10.4 Å². The third-order valence-electron chi connectivity index (χ3n) is 3.40. The number of fused-ring (bicyclic) bond motifs is 1. The molecule has 1 heterocycles. The van der Waals surface area contributed by atoms with E-state index < -0.39 is 0 Å². The lowest BCUT2D eigenvalue weighted by atomic mass is 10.0. The Kier molecular flexibility index (Phi) is 3.10. The Morgan fingerprint density at radius 3 is 2.75 bits per heavy atom. The van der Waals surface area contributed by atoms with Gasteiger partial charge < -0.3 is 5.73 Å². The van der Waals surface area contributed by atoms with E-state index in [1.807, 2.05) is 18.2 Å². The Morgan fingerprint density at radius 2 is 1.95 bits per heavy atom. The van der Waals surface area contributed by atoms with Crippen LogP contribution in [0.4, 0.5) is 5.82 Å². The highest BCUT2D eigenvalue weighted by Crippen LogP contribution is 2.19. The lowest BCUT2D eigenvalue weighted by molar-refractivity contribution is 0.619. The van der Waals surface area contributed by atoms with Crippen molar-refractivity contribution in [1.29, 1.82) is 5.26 Å². The summed E-state index contributed by atoms with van der Waals surface area (Å²) in [6, 6.07) is 16.7. The maximum atomic E-state index is 8.88. The minimum absolute atomic E-state index is 0.297. The lowest BCUT2D eigenvalue weighted by Crippen LogP contribution is -2.03. The molecule has 0 aliphatic rings. The van der Waals surface area contributed by atoms with Crippen LogP contribution in [-0.4, -0.2) is 9.78 Å². The first-order valence-corrected chi connectivity index (χ1v) is 6.47. The number of nitrogens with zero attached hydrogens (tertiary/aromatic N) is 3. The summed E-state index contributed by atoms with van der Waals surface area (Å²) in [5.41, 5.74) is 7.36. The molecule has 0 saturated heterocycles. The second-order valence-electron chi connectivity index (χ2n) is 4.69. The van der Waals surface area contributed by atoms with Gasteiger partial charge in [-0.05, 0) is 22.8 Å². The fourth-order valence-corrected chi connectivity index (χ4v) is 2.38. The molecular weight excluding hydrogens is 248 g/mol. The van der Waals surface area contributed by atoms with Crippen LogP contribution in [-0.2, 0) is 13.0 Å². The van der Waals surface area contributed by atoms with E-state index >= 15 is 0 Å². The Labute approximate surface area is 117 Å². The zero-order chi connectivity index (χ0) is 13.9. The summed E-state index contributed by atoms with van der Waals surface area (Å²) in [7, 11) is 0. The third-order valence-corrected chi connectivity index (χ3v) is 3.40. The normalized spacial score (nSPS) is 10.6. The van der Waals surface area contributed by atoms with Crippen LogP contribution in [0.3, 0.4) is 0 Å². The van der Waals surface area contributed by atoms with Gasteiger partial charge in [0, 0.05) is 12.7 Å². The highest BCUT2D eigenvalue weighted by atomic mass is 15.3. The van der Waals surface area contributed by atoms with Crippen molar-refractivity contribution in [2.75, 3.05) is 5.73 Å². The number of nitrogens with two attached hydrogens (primary N) is 1. The second-order valence-corrected chi connectivity index (χ2v) is 4.69. The molecule has 4 heteroatoms. The summed E-state index contributed by atoms with van der Waals surface area (Å²) in [6.07, 6.45) is 2.55. The summed E-state index contributed by atoms with van der Waals surface area (Å²) < 4.78 is 1.73. The minimum Gasteiger partial charge on any atom is -0.381 e. The highest BCUT2D eigenvalue weighted by Gasteiger charge is 2.05. The van der Waals surface area contributed by atoms with Crippen molar-refractivity contribution in [3.63, 3.8) is 0 Å². The first kappa shape index (κ1) is 12.2. The smallest absolute Gasteiger partial charge is 0.163 e. The summed E-state index contributed by atoms with van der Waals surface area (Å²) in [4.78, 5) is 0. The van der Waals surface area contributed by atoms with Crippen LogP contribution >= 0.6 is 0 Å². The first-order chi connectivity index (χ1) is 9.78. The summed E-state index contributed by atoms with van der Waals surface area (Å²) in [6.45, 7) is 0.708. The maximum absolute atomic E-state index is 8.88. The van der Waals surface area contributed by atoms with Crippen LogP contribution in [0.5, 0.6) is 0 Å². The Bertz CT molecular complexity index is 790. The highest BCUT2D eigenvalue weighted by molar-refractivity contribution is 5.85. The molecule has 0 bridgehead atoms. The third kappa shape index (κ3) is 2.21. The van der Waals surface area contributed by atoms with E-state index in [0.29, 0.717) is 17.9 Å². The topological polar surface area (TPSA) is 67.6 Å². The summed E-state index contributed by atoms with van der Waals surface area (Å²) in [5.74, 6) is 0.297. The number of nitriles is 1. The van der Waals surface area contributed by atoms with E-state index in [4.69, 9.17) is 11.0 Å².